The lowest BCUT2D eigenvalue weighted by molar-refractivity contribution is 0.0963. The molecule has 1 heterocycles. The molecule has 170 valence electrons. The summed E-state index contributed by atoms with van der Waals surface area (Å²) in [6.45, 7) is 7.27. The van der Waals surface area contributed by atoms with Gasteiger partial charge in [0, 0.05) is 44.8 Å². The van der Waals surface area contributed by atoms with Gasteiger partial charge < -0.3 is 30.2 Å². The molecule has 0 saturated carbocycles. The number of halogens is 1. The second kappa shape index (κ2) is 14.3. The third-order valence-corrected chi connectivity index (χ3v) is 4.77. The second-order valence-electron chi connectivity index (χ2n) is 7.11. The minimum Gasteiger partial charge on any atom is -0.493 e. The zero-order valence-corrected chi connectivity index (χ0v) is 20.5. The van der Waals surface area contributed by atoms with Crippen molar-refractivity contribution in [3.8, 4) is 5.75 Å². The molecule has 0 radical (unpaired) electrons. The van der Waals surface area contributed by atoms with Crippen LogP contribution in [0.2, 0.25) is 0 Å². The van der Waals surface area contributed by atoms with Crippen LogP contribution in [0, 0.1) is 6.92 Å². The van der Waals surface area contributed by atoms with E-state index in [1.54, 1.807) is 12.0 Å². The first-order chi connectivity index (χ1) is 14.0. The Balaban J connectivity index is 0.00000450. The standard InChI is InChI=1S/C21H34N4O4.HI/c1-4-28-21(26)25-10-8-18(9-11-25)24-20(22)23-15-17-7-6-16(2)14-19(17)29-13-5-12-27-3;/h6-7,14,18H,4-5,8-13,15H2,1-3H3,(H3,22,23,24);1H. The van der Waals surface area contributed by atoms with E-state index in [1.807, 2.05) is 32.0 Å². The van der Waals surface area contributed by atoms with Gasteiger partial charge in [0.05, 0.1) is 19.8 Å². The van der Waals surface area contributed by atoms with Crippen LogP contribution in [0.1, 0.15) is 37.3 Å². The molecule has 0 aliphatic carbocycles. The van der Waals surface area contributed by atoms with Gasteiger partial charge in [-0.25, -0.2) is 9.79 Å². The number of hydrogen-bond donors (Lipinski definition) is 2. The van der Waals surface area contributed by atoms with Gasteiger partial charge in [-0.1, -0.05) is 12.1 Å². The summed E-state index contributed by atoms with van der Waals surface area (Å²) in [5, 5.41) is 3.26. The van der Waals surface area contributed by atoms with Gasteiger partial charge in [-0.05, 0) is 38.3 Å². The van der Waals surface area contributed by atoms with Crippen LogP contribution in [0.15, 0.2) is 23.2 Å². The number of amides is 1. The van der Waals surface area contributed by atoms with Crippen molar-refractivity contribution in [2.75, 3.05) is 40.0 Å². The van der Waals surface area contributed by atoms with E-state index in [-0.39, 0.29) is 36.1 Å². The monoisotopic (exact) mass is 534 g/mol. The highest BCUT2D eigenvalue weighted by Gasteiger charge is 2.23. The molecule has 0 spiro atoms. The molecule has 9 heteroatoms. The lowest BCUT2D eigenvalue weighted by Crippen LogP contribution is -2.48. The summed E-state index contributed by atoms with van der Waals surface area (Å²) in [6, 6.07) is 6.29. The predicted molar refractivity (Wildman–Crippen MR) is 129 cm³/mol. The van der Waals surface area contributed by atoms with Gasteiger partial charge in [0.1, 0.15) is 5.75 Å². The summed E-state index contributed by atoms with van der Waals surface area (Å²) >= 11 is 0. The minimum atomic E-state index is -0.245. The lowest BCUT2D eigenvalue weighted by atomic mass is 10.1. The summed E-state index contributed by atoms with van der Waals surface area (Å²) in [7, 11) is 1.68. The van der Waals surface area contributed by atoms with Gasteiger partial charge in [-0.15, -0.1) is 24.0 Å². The Morgan fingerprint density at radius 1 is 1.30 bits per heavy atom. The van der Waals surface area contributed by atoms with E-state index in [1.165, 1.54) is 0 Å². The van der Waals surface area contributed by atoms with E-state index < -0.39 is 0 Å². The Morgan fingerprint density at radius 2 is 2.03 bits per heavy atom. The van der Waals surface area contributed by atoms with Crippen LogP contribution in [-0.4, -0.2) is 63.0 Å². The Labute approximate surface area is 196 Å². The van der Waals surface area contributed by atoms with E-state index in [0.29, 0.717) is 45.4 Å². The third kappa shape index (κ3) is 8.95. The maximum atomic E-state index is 11.8. The average molecular weight is 534 g/mol. The normalized spacial score (nSPS) is 14.8. The van der Waals surface area contributed by atoms with Crippen molar-refractivity contribution in [1.82, 2.24) is 10.2 Å². The van der Waals surface area contributed by atoms with Gasteiger partial charge in [0.25, 0.3) is 0 Å². The largest absolute Gasteiger partial charge is 0.493 e. The van der Waals surface area contributed by atoms with Gasteiger partial charge in [0.2, 0.25) is 0 Å². The van der Waals surface area contributed by atoms with Crippen LogP contribution in [0.4, 0.5) is 4.79 Å². The SMILES string of the molecule is CCOC(=O)N1CCC(NC(N)=NCc2ccc(C)cc2OCCCOC)CC1.I. The fourth-order valence-electron chi connectivity index (χ4n) is 3.16. The maximum Gasteiger partial charge on any atom is 0.409 e. The van der Waals surface area contributed by atoms with Gasteiger partial charge >= 0.3 is 6.09 Å². The first-order valence-electron chi connectivity index (χ1n) is 10.2. The molecule has 1 saturated heterocycles. The Hall–Kier alpha value is -1.75. The number of methoxy groups -OCH3 is 1. The number of nitrogens with one attached hydrogen (secondary N) is 1. The Kier molecular flexibility index (Phi) is 12.5. The summed E-state index contributed by atoms with van der Waals surface area (Å²) < 4.78 is 16.0. The molecule has 1 amide bonds. The van der Waals surface area contributed by atoms with E-state index in [0.717, 1.165) is 36.1 Å². The number of guanidine groups is 1. The number of benzene rings is 1. The van der Waals surface area contributed by atoms with Crippen LogP contribution < -0.4 is 15.8 Å². The van der Waals surface area contributed by atoms with Crippen molar-refractivity contribution in [3.05, 3.63) is 29.3 Å². The van der Waals surface area contributed by atoms with E-state index >= 15 is 0 Å². The number of ether oxygens (including phenoxy) is 3. The van der Waals surface area contributed by atoms with Crippen LogP contribution in [-0.2, 0) is 16.0 Å². The highest BCUT2D eigenvalue weighted by molar-refractivity contribution is 14.0. The molecule has 1 aliphatic heterocycles. The molecule has 30 heavy (non-hydrogen) atoms. The van der Waals surface area contributed by atoms with Crippen molar-refractivity contribution < 1.29 is 19.0 Å². The molecule has 2 rings (SSSR count). The molecule has 0 atom stereocenters. The molecular formula is C21H35IN4O4. The number of carbonyl (C=O) groups is 1. The van der Waals surface area contributed by atoms with Crippen molar-refractivity contribution in [3.63, 3.8) is 0 Å². The lowest BCUT2D eigenvalue weighted by Gasteiger charge is -2.31. The first kappa shape index (κ1) is 26.3. The summed E-state index contributed by atoms with van der Waals surface area (Å²) in [5.41, 5.74) is 8.22. The number of nitrogens with zero attached hydrogens (tertiary/aromatic N) is 2. The van der Waals surface area contributed by atoms with E-state index in [4.69, 9.17) is 19.9 Å². The fourth-order valence-corrected chi connectivity index (χ4v) is 3.16. The highest BCUT2D eigenvalue weighted by Crippen LogP contribution is 2.21. The molecule has 1 aliphatic rings. The van der Waals surface area contributed by atoms with Crippen molar-refractivity contribution in [2.45, 2.75) is 45.7 Å². The zero-order valence-electron chi connectivity index (χ0n) is 18.2. The third-order valence-electron chi connectivity index (χ3n) is 4.77. The molecule has 0 unspecified atom stereocenters. The van der Waals surface area contributed by atoms with Gasteiger partial charge in [-0.2, -0.15) is 0 Å². The van der Waals surface area contributed by atoms with Crippen LogP contribution in [0.25, 0.3) is 0 Å². The minimum absolute atomic E-state index is 0. The number of likely N-dealkylation sites (tertiary alicyclic amines) is 1. The molecule has 8 nitrogen and oxygen atoms in total. The Bertz CT molecular complexity index is 679. The van der Waals surface area contributed by atoms with Crippen LogP contribution in [0.5, 0.6) is 5.75 Å². The number of carbonyl (C=O) groups excluding carboxylic acids is 1. The number of aryl methyl sites for hydroxylation is 1. The fraction of sp³-hybridized carbons (Fsp3) is 0.619. The second-order valence-corrected chi connectivity index (χ2v) is 7.11. The van der Waals surface area contributed by atoms with Gasteiger partial charge in [0.15, 0.2) is 5.96 Å². The van der Waals surface area contributed by atoms with Crippen molar-refractivity contribution in [1.29, 1.82) is 0 Å². The molecule has 1 aromatic carbocycles. The smallest absolute Gasteiger partial charge is 0.409 e. The molecular weight excluding hydrogens is 499 g/mol. The van der Waals surface area contributed by atoms with Gasteiger partial charge in [-0.3, -0.25) is 0 Å². The van der Waals surface area contributed by atoms with Crippen LogP contribution in [0.3, 0.4) is 0 Å². The van der Waals surface area contributed by atoms with Crippen molar-refractivity contribution in [2.24, 2.45) is 10.7 Å². The predicted octanol–water partition coefficient (Wildman–Crippen LogP) is 3.05. The summed E-state index contributed by atoms with van der Waals surface area (Å²) in [6.07, 6.45) is 2.22. The van der Waals surface area contributed by atoms with Crippen molar-refractivity contribution >= 4 is 36.0 Å². The topological polar surface area (TPSA) is 98.4 Å². The number of rotatable bonds is 9. The van der Waals surface area contributed by atoms with E-state index in [2.05, 4.69) is 10.3 Å². The number of piperidine rings is 1. The number of hydrogen-bond acceptors (Lipinski definition) is 5. The molecule has 1 fully saturated rings. The van der Waals surface area contributed by atoms with E-state index in [9.17, 15) is 4.79 Å². The molecule has 0 aromatic heterocycles. The first-order valence-corrected chi connectivity index (χ1v) is 10.2. The quantitative estimate of drug-likeness (QED) is 0.219. The highest BCUT2D eigenvalue weighted by atomic mass is 127. The zero-order chi connectivity index (χ0) is 21.1. The average Bonchev–Trinajstić information content (AvgIpc) is 2.71. The maximum absolute atomic E-state index is 11.8. The summed E-state index contributed by atoms with van der Waals surface area (Å²) in [4.78, 5) is 18.0. The number of aliphatic imine (C=N–C) groups is 1. The number of nitrogens with two attached hydrogens (primary N) is 1. The molecule has 1 aromatic rings. The Morgan fingerprint density at radius 3 is 2.70 bits per heavy atom. The molecule has 3 N–H and O–H groups in total. The molecule has 0 bridgehead atoms. The summed E-state index contributed by atoms with van der Waals surface area (Å²) in [5.74, 6) is 1.24. The van der Waals surface area contributed by atoms with Crippen LogP contribution >= 0.6 is 24.0 Å².